The summed E-state index contributed by atoms with van der Waals surface area (Å²) in [6.45, 7) is 1.25. The number of nitrogen functional groups attached to an aromatic ring is 1. The summed E-state index contributed by atoms with van der Waals surface area (Å²) in [6.07, 6.45) is 0. The summed E-state index contributed by atoms with van der Waals surface area (Å²) in [5.41, 5.74) is 5.65. The molecule has 5 N–H and O–H groups in total. The van der Waals surface area contributed by atoms with E-state index in [0.29, 0.717) is 5.69 Å². The Kier molecular flexibility index (Phi) is 7.84. The van der Waals surface area contributed by atoms with Gasteiger partial charge in [0.1, 0.15) is 16.3 Å². The summed E-state index contributed by atoms with van der Waals surface area (Å²) in [5, 5.41) is 9.86. The molecule has 1 amide bonds. The van der Waals surface area contributed by atoms with E-state index in [1.54, 1.807) is 0 Å². The molecule has 0 spiro atoms. The van der Waals surface area contributed by atoms with Gasteiger partial charge in [0.25, 0.3) is 20.2 Å². The number of carbonyl (C=O) groups is 1. The Balaban J connectivity index is 0.00000392. The third-order valence-corrected chi connectivity index (χ3v) is 4.85. The van der Waals surface area contributed by atoms with Crippen molar-refractivity contribution in [3.63, 3.8) is 0 Å². The first-order valence-electron chi connectivity index (χ1n) is 7.06. The van der Waals surface area contributed by atoms with Crippen LogP contribution in [-0.4, -0.2) is 31.8 Å². The van der Waals surface area contributed by atoms with Gasteiger partial charge >= 0.3 is 29.6 Å². The Morgan fingerprint density at radius 1 is 1.00 bits per heavy atom. The molecule has 0 unspecified atom stereocenters. The zero-order valence-electron chi connectivity index (χ0n) is 15.7. The summed E-state index contributed by atoms with van der Waals surface area (Å²) in [4.78, 5) is 9.88. The first kappa shape index (κ1) is 24.2. The van der Waals surface area contributed by atoms with E-state index in [2.05, 4.69) is 15.5 Å². The van der Waals surface area contributed by atoms with Gasteiger partial charge in [-0.25, -0.2) is 0 Å². The van der Waals surface area contributed by atoms with Gasteiger partial charge in [0.15, 0.2) is 0 Å². The molecular formula is C14H15N4NaO7S2. The van der Waals surface area contributed by atoms with E-state index < -0.39 is 41.6 Å². The molecule has 11 nitrogen and oxygen atoms in total. The van der Waals surface area contributed by atoms with Crippen molar-refractivity contribution in [1.29, 1.82) is 0 Å². The molecule has 0 aromatic heterocycles. The molecule has 28 heavy (non-hydrogen) atoms. The van der Waals surface area contributed by atoms with Crippen molar-refractivity contribution in [2.45, 2.75) is 16.7 Å². The van der Waals surface area contributed by atoms with Gasteiger partial charge in [-0.3, -0.25) is 13.9 Å². The Hall–Kier alpha value is -1.87. The fourth-order valence-corrected chi connectivity index (χ4v) is 3.10. The molecule has 0 atom stereocenters. The first-order valence-corrected chi connectivity index (χ1v) is 9.94. The average Bonchev–Trinajstić information content (AvgIpc) is 2.51. The van der Waals surface area contributed by atoms with Crippen molar-refractivity contribution >= 4 is 48.9 Å². The third kappa shape index (κ3) is 6.34. The molecule has 0 aliphatic heterocycles. The van der Waals surface area contributed by atoms with E-state index in [-0.39, 0.29) is 42.4 Å². The van der Waals surface area contributed by atoms with Crippen molar-refractivity contribution in [1.82, 2.24) is 0 Å². The van der Waals surface area contributed by atoms with Crippen LogP contribution in [0.2, 0.25) is 0 Å². The van der Waals surface area contributed by atoms with Crippen LogP contribution in [0.4, 0.5) is 22.7 Å². The SMILES string of the molecule is CC(=O)Nc1cc(N)ccc1N=Nc1cc(S(=O)(=O)O)ccc1S(=O)(=O)O.[H-].[Na+]. The standard InChI is InChI=1S/C14H14N4O7S2.Na.H/c1-8(19)16-12-6-9(15)2-4-11(12)17-18-13-7-10(26(20,21)22)3-5-14(13)27(23,24)25;;/h2-7H,15H2,1H3,(H,16,19)(H,20,21,22)(H,23,24,25);;/q;+1;-1. The number of amides is 1. The number of nitrogens with one attached hydrogen (secondary N) is 1. The Labute approximate surface area is 184 Å². The zero-order chi connectivity index (χ0) is 20.4. The quantitative estimate of drug-likeness (QED) is 0.203. The number of rotatable bonds is 5. The van der Waals surface area contributed by atoms with Gasteiger partial charge in [0, 0.05) is 12.6 Å². The number of azo groups is 1. The smallest absolute Gasteiger partial charge is 1.00 e. The van der Waals surface area contributed by atoms with Gasteiger partial charge in [0.2, 0.25) is 5.91 Å². The molecule has 2 rings (SSSR count). The van der Waals surface area contributed by atoms with Gasteiger partial charge < -0.3 is 12.5 Å². The van der Waals surface area contributed by atoms with Crippen LogP contribution < -0.4 is 40.6 Å². The maximum atomic E-state index is 11.5. The van der Waals surface area contributed by atoms with Crippen LogP contribution in [0.3, 0.4) is 0 Å². The number of hydrogen-bond acceptors (Lipinski definition) is 8. The molecule has 0 saturated heterocycles. The van der Waals surface area contributed by atoms with Crippen LogP contribution in [0.25, 0.3) is 0 Å². The summed E-state index contributed by atoms with van der Waals surface area (Å²) in [7, 11) is -9.41. The minimum atomic E-state index is -4.76. The van der Waals surface area contributed by atoms with Crippen LogP contribution in [-0.2, 0) is 25.0 Å². The van der Waals surface area contributed by atoms with Gasteiger partial charge in [-0.15, -0.1) is 10.2 Å². The predicted octanol–water partition coefficient (Wildman–Crippen LogP) is -0.747. The van der Waals surface area contributed by atoms with Crippen LogP contribution in [0, 0.1) is 0 Å². The molecule has 14 heteroatoms. The minimum absolute atomic E-state index is 0. The second-order valence-electron chi connectivity index (χ2n) is 5.24. The number of anilines is 2. The molecule has 2 aromatic carbocycles. The molecule has 0 heterocycles. The summed E-state index contributed by atoms with van der Waals surface area (Å²) in [6, 6.07) is 6.46. The molecule has 146 valence electrons. The van der Waals surface area contributed by atoms with Crippen LogP contribution >= 0.6 is 0 Å². The fourth-order valence-electron chi connectivity index (χ4n) is 1.99. The number of nitrogens with zero attached hydrogens (tertiary/aromatic N) is 2. The number of hydrogen-bond donors (Lipinski definition) is 4. The maximum Gasteiger partial charge on any atom is 1.00 e. The van der Waals surface area contributed by atoms with E-state index in [0.717, 1.165) is 18.2 Å². The first-order chi connectivity index (χ1) is 12.4. The largest absolute Gasteiger partial charge is 1.00 e. The van der Waals surface area contributed by atoms with Crippen LogP contribution in [0.5, 0.6) is 0 Å². The fraction of sp³-hybridized carbons (Fsp3) is 0.0714. The van der Waals surface area contributed by atoms with Crippen LogP contribution in [0.15, 0.2) is 56.4 Å². The molecule has 0 bridgehead atoms. The van der Waals surface area contributed by atoms with Crippen molar-refractivity contribution in [2.75, 3.05) is 11.1 Å². The minimum Gasteiger partial charge on any atom is -1.00 e. The molecule has 0 aliphatic rings. The number of benzene rings is 2. The van der Waals surface area contributed by atoms with E-state index in [9.17, 15) is 26.2 Å². The van der Waals surface area contributed by atoms with E-state index >= 15 is 0 Å². The molecule has 0 saturated carbocycles. The zero-order valence-corrected chi connectivity index (χ0v) is 18.3. The van der Waals surface area contributed by atoms with E-state index in [4.69, 9.17) is 10.3 Å². The van der Waals surface area contributed by atoms with Gasteiger partial charge in [0.05, 0.1) is 10.6 Å². The molecule has 0 fully saturated rings. The molecular weight excluding hydrogens is 423 g/mol. The molecule has 2 aromatic rings. The van der Waals surface area contributed by atoms with Gasteiger partial charge in [-0.05, 0) is 36.4 Å². The van der Waals surface area contributed by atoms with Crippen molar-refractivity contribution in [3.8, 4) is 0 Å². The topological polar surface area (TPSA) is 189 Å². The summed E-state index contributed by atoms with van der Waals surface area (Å²) < 4.78 is 63.7. The third-order valence-electron chi connectivity index (χ3n) is 3.10. The Bertz CT molecular complexity index is 1150. The normalized spacial score (nSPS) is 11.8. The van der Waals surface area contributed by atoms with Crippen LogP contribution in [0.1, 0.15) is 8.35 Å². The van der Waals surface area contributed by atoms with Crippen molar-refractivity contribution < 1.29 is 61.7 Å². The van der Waals surface area contributed by atoms with Crippen molar-refractivity contribution in [2.24, 2.45) is 10.2 Å². The molecule has 0 radical (unpaired) electrons. The Morgan fingerprint density at radius 2 is 1.61 bits per heavy atom. The molecule has 0 aliphatic carbocycles. The van der Waals surface area contributed by atoms with Gasteiger partial charge in [-0.2, -0.15) is 16.8 Å². The average molecular weight is 438 g/mol. The summed E-state index contributed by atoms with van der Waals surface area (Å²) in [5.74, 6) is -0.427. The second kappa shape index (κ2) is 9.09. The summed E-state index contributed by atoms with van der Waals surface area (Å²) >= 11 is 0. The van der Waals surface area contributed by atoms with E-state index in [1.165, 1.54) is 25.1 Å². The number of carbonyl (C=O) groups excluding carboxylic acids is 1. The Morgan fingerprint density at radius 3 is 2.14 bits per heavy atom. The van der Waals surface area contributed by atoms with Crippen molar-refractivity contribution in [3.05, 3.63) is 36.4 Å². The van der Waals surface area contributed by atoms with E-state index in [1.807, 2.05) is 0 Å². The maximum absolute atomic E-state index is 11.5. The monoisotopic (exact) mass is 438 g/mol. The van der Waals surface area contributed by atoms with Gasteiger partial charge in [-0.1, -0.05) is 0 Å². The predicted molar refractivity (Wildman–Crippen MR) is 96.5 cm³/mol. The second-order valence-corrected chi connectivity index (χ2v) is 8.05. The number of nitrogens with two attached hydrogens (primary N) is 1.